The number of nitrogens with zero attached hydrogens (tertiary/aromatic N) is 1. The molecule has 0 aromatic heterocycles. The van der Waals surface area contributed by atoms with Gasteiger partial charge in [-0.05, 0) is 38.9 Å². The average molecular weight is 279 g/mol. The maximum absolute atomic E-state index is 12.1. The lowest BCUT2D eigenvalue weighted by molar-refractivity contribution is 0.0970. The van der Waals surface area contributed by atoms with Crippen molar-refractivity contribution in [2.24, 2.45) is 0 Å². The number of rotatable bonds is 6. The number of carbonyl (C=O) groups excluding carboxylic acids is 1. The van der Waals surface area contributed by atoms with Crippen molar-refractivity contribution >= 4 is 5.78 Å². The lowest BCUT2D eigenvalue weighted by Gasteiger charge is -2.14. The number of methoxy groups -OCH3 is 1. The second kappa shape index (κ2) is 6.61. The van der Waals surface area contributed by atoms with E-state index in [1.165, 1.54) is 32.1 Å². The van der Waals surface area contributed by atoms with Crippen LogP contribution in [0, 0.1) is 0 Å². The maximum Gasteiger partial charge on any atom is 0.170 e. The molecule has 5 heteroatoms. The van der Waals surface area contributed by atoms with Gasteiger partial charge in [0.25, 0.3) is 0 Å². The molecule has 0 aliphatic carbocycles. The summed E-state index contributed by atoms with van der Waals surface area (Å²) < 4.78 is 4.92. The minimum Gasteiger partial charge on any atom is -0.507 e. The van der Waals surface area contributed by atoms with Crippen molar-refractivity contribution in [1.82, 2.24) is 4.90 Å². The third-order valence-corrected chi connectivity index (χ3v) is 3.66. The van der Waals surface area contributed by atoms with Gasteiger partial charge in [0.2, 0.25) is 0 Å². The van der Waals surface area contributed by atoms with Crippen LogP contribution in [0.25, 0.3) is 0 Å². The molecule has 2 N–H and O–H groups in total. The molecule has 0 spiro atoms. The number of carbonyl (C=O) groups is 1. The van der Waals surface area contributed by atoms with Crippen molar-refractivity contribution in [2.45, 2.75) is 25.7 Å². The summed E-state index contributed by atoms with van der Waals surface area (Å²) in [5.74, 6) is -0.364. The molecule has 1 aromatic carbocycles. The van der Waals surface area contributed by atoms with E-state index in [0.29, 0.717) is 12.2 Å². The highest BCUT2D eigenvalue weighted by Crippen LogP contribution is 2.33. The summed E-state index contributed by atoms with van der Waals surface area (Å²) in [5.41, 5.74) is -0.00720. The van der Waals surface area contributed by atoms with E-state index in [0.717, 1.165) is 26.1 Å². The van der Waals surface area contributed by atoms with E-state index in [4.69, 9.17) is 4.74 Å². The van der Waals surface area contributed by atoms with Gasteiger partial charge in [-0.25, -0.2) is 0 Å². The van der Waals surface area contributed by atoms with Crippen LogP contribution in [0.15, 0.2) is 12.1 Å². The molecule has 110 valence electrons. The third-order valence-electron chi connectivity index (χ3n) is 3.66. The van der Waals surface area contributed by atoms with E-state index in [1.54, 1.807) is 0 Å². The molecule has 0 bridgehead atoms. The molecule has 0 radical (unpaired) electrons. The van der Waals surface area contributed by atoms with Crippen LogP contribution in [0.3, 0.4) is 0 Å². The highest BCUT2D eigenvalue weighted by molar-refractivity contribution is 6.01. The van der Waals surface area contributed by atoms with Gasteiger partial charge >= 0.3 is 0 Å². The zero-order valence-corrected chi connectivity index (χ0v) is 11.8. The van der Waals surface area contributed by atoms with Gasteiger partial charge in [-0.15, -0.1) is 0 Å². The Hall–Kier alpha value is -1.75. The third kappa shape index (κ3) is 3.42. The molecule has 1 heterocycles. The highest BCUT2D eigenvalue weighted by Gasteiger charge is 2.18. The fourth-order valence-corrected chi connectivity index (χ4v) is 2.58. The monoisotopic (exact) mass is 279 g/mol. The predicted octanol–water partition coefficient (Wildman–Crippen LogP) is 2.17. The van der Waals surface area contributed by atoms with Gasteiger partial charge in [0.05, 0.1) is 7.11 Å². The lowest BCUT2D eigenvalue weighted by atomic mass is 10.0. The fourth-order valence-electron chi connectivity index (χ4n) is 2.58. The summed E-state index contributed by atoms with van der Waals surface area (Å²) in [7, 11) is 1.44. The number of aromatic hydroxyl groups is 2. The van der Waals surface area contributed by atoms with Crippen LogP contribution in [-0.2, 0) is 0 Å². The number of hydrogen-bond acceptors (Lipinski definition) is 5. The van der Waals surface area contributed by atoms with Crippen LogP contribution in [0.5, 0.6) is 17.2 Å². The Balaban J connectivity index is 1.94. The molecule has 1 aromatic rings. The Kier molecular flexibility index (Phi) is 4.84. The van der Waals surface area contributed by atoms with Crippen molar-refractivity contribution < 1.29 is 19.7 Å². The molecule has 0 amide bonds. The molecule has 0 unspecified atom stereocenters. The van der Waals surface area contributed by atoms with Crippen molar-refractivity contribution in [2.75, 3.05) is 26.7 Å². The zero-order valence-electron chi connectivity index (χ0n) is 11.8. The molecule has 2 rings (SSSR count). The normalized spacial score (nSPS) is 15.4. The minimum atomic E-state index is -0.234. The Morgan fingerprint density at radius 2 is 1.85 bits per heavy atom. The number of ketones is 1. The van der Waals surface area contributed by atoms with Gasteiger partial charge in [0.1, 0.15) is 22.8 Å². The molecular formula is C15H21NO4. The average Bonchev–Trinajstić information content (AvgIpc) is 2.91. The topological polar surface area (TPSA) is 70.0 Å². The molecule has 0 saturated carbocycles. The SMILES string of the molecule is COc1cc(O)c(C(=O)CCCN2CCCC2)c(O)c1. The van der Waals surface area contributed by atoms with Crippen LogP contribution in [0.1, 0.15) is 36.0 Å². The maximum atomic E-state index is 12.1. The first-order valence-corrected chi connectivity index (χ1v) is 6.97. The molecule has 5 nitrogen and oxygen atoms in total. The zero-order chi connectivity index (χ0) is 14.5. The van der Waals surface area contributed by atoms with E-state index in [9.17, 15) is 15.0 Å². The summed E-state index contributed by atoms with van der Waals surface area (Å²) in [5, 5.41) is 19.6. The van der Waals surface area contributed by atoms with Gasteiger partial charge in [-0.1, -0.05) is 0 Å². The molecule has 1 aliphatic heterocycles. The Morgan fingerprint density at radius 1 is 1.25 bits per heavy atom. The van der Waals surface area contributed by atoms with E-state index < -0.39 is 0 Å². The standard InChI is InChI=1S/C15H21NO4/c1-20-11-9-13(18)15(14(19)10-11)12(17)5-4-8-16-6-2-3-7-16/h9-10,18-19H,2-8H2,1H3. The first-order chi connectivity index (χ1) is 9.61. The second-order valence-corrected chi connectivity index (χ2v) is 5.12. The minimum absolute atomic E-state index is 0.00720. The van der Waals surface area contributed by atoms with E-state index >= 15 is 0 Å². The number of Topliss-reactive ketones (excluding diaryl/α,β-unsaturated/α-hetero) is 1. The van der Waals surface area contributed by atoms with Gasteiger partial charge in [0.15, 0.2) is 5.78 Å². The van der Waals surface area contributed by atoms with Crippen LogP contribution < -0.4 is 4.74 Å². The summed E-state index contributed by atoms with van der Waals surface area (Å²) >= 11 is 0. The Morgan fingerprint density at radius 3 is 2.40 bits per heavy atom. The van der Waals surface area contributed by atoms with Gasteiger partial charge in [-0.3, -0.25) is 4.79 Å². The molecule has 0 atom stereocenters. The number of phenolic OH excluding ortho intramolecular Hbond substituents is 2. The van der Waals surface area contributed by atoms with Crippen LogP contribution in [-0.4, -0.2) is 47.6 Å². The van der Waals surface area contributed by atoms with Crippen molar-refractivity contribution in [3.63, 3.8) is 0 Å². The largest absolute Gasteiger partial charge is 0.507 e. The van der Waals surface area contributed by atoms with Crippen molar-refractivity contribution in [1.29, 1.82) is 0 Å². The van der Waals surface area contributed by atoms with E-state index in [2.05, 4.69) is 4.90 Å². The molecule has 1 aliphatic rings. The number of benzene rings is 1. The van der Waals surface area contributed by atoms with Crippen LogP contribution in [0.4, 0.5) is 0 Å². The molecular weight excluding hydrogens is 258 g/mol. The quantitative estimate of drug-likeness (QED) is 0.781. The number of phenols is 2. The number of likely N-dealkylation sites (tertiary alicyclic amines) is 1. The van der Waals surface area contributed by atoms with Gasteiger partial charge in [-0.2, -0.15) is 0 Å². The summed E-state index contributed by atoms with van der Waals surface area (Å²) in [4.78, 5) is 14.4. The van der Waals surface area contributed by atoms with Crippen LogP contribution in [0.2, 0.25) is 0 Å². The first kappa shape index (κ1) is 14.7. The highest BCUT2D eigenvalue weighted by atomic mass is 16.5. The predicted molar refractivity (Wildman–Crippen MR) is 75.6 cm³/mol. The van der Waals surface area contributed by atoms with Gasteiger partial charge in [0, 0.05) is 18.6 Å². The van der Waals surface area contributed by atoms with E-state index in [1.807, 2.05) is 0 Å². The first-order valence-electron chi connectivity index (χ1n) is 6.97. The number of hydrogen-bond donors (Lipinski definition) is 2. The molecule has 20 heavy (non-hydrogen) atoms. The summed E-state index contributed by atoms with van der Waals surface area (Å²) in [6.45, 7) is 3.10. The van der Waals surface area contributed by atoms with Crippen molar-refractivity contribution in [3.05, 3.63) is 17.7 Å². The summed E-state index contributed by atoms with van der Waals surface area (Å²) in [6.07, 6.45) is 3.52. The lowest BCUT2D eigenvalue weighted by Crippen LogP contribution is -2.21. The molecule has 1 fully saturated rings. The second-order valence-electron chi connectivity index (χ2n) is 5.12. The fraction of sp³-hybridized carbons (Fsp3) is 0.533. The Bertz CT molecular complexity index is 458. The Labute approximate surface area is 118 Å². The molecule has 1 saturated heterocycles. The number of ether oxygens (including phenoxy) is 1. The van der Waals surface area contributed by atoms with E-state index in [-0.39, 0.29) is 22.8 Å². The van der Waals surface area contributed by atoms with Crippen LogP contribution >= 0.6 is 0 Å². The smallest absolute Gasteiger partial charge is 0.170 e. The van der Waals surface area contributed by atoms with Crippen molar-refractivity contribution in [3.8, 4) is 17.2 Å². The summed E-state index contributed by atoms with van der Waals surface area (Å²) in [6, 6.07) is 2.68. The van der Waals surface area contributed by atoms with Gasteiger partial charge < -0.3 is 19.8 Å².